The summed E-state index contributed by atoms with van der Waals surface area (Å²) in [5.41, 5.74) is 0.781. The van der Waals surface area contributed by atoms with Crippen LogP contribution in [-0.2, 0) is 35.0 Å². The molecule has 9 heteroatoms. The Hall–Kier alpha value is -2.65. The number of nitrogens with zero attached hydrogens (tertiary/aromatic N) is 1. The van der Waals surface area contributed by atoms with Crippen LogP contribution in [0.15, 0.2) is 24.3 Å². The molecule has 0 saturated carbocycles. The molecule has 3 atom stereocenters. The minimum absolute atomic E-state index is 0.118. The molecule has 3 rings (SSSR count). The third-order valence-corrected chi connectivity index (χ3v) is 4.58. The number of hydrogen-bond donors (Lipinski definition) is 2. The topological polar surface area (TPSA) is 118 Å². The molecule has 0 aliphatic carbocycles. The van der Waals surface area contributed by atoms with E-state index in [9.17, 15) is 19.5 Å². The molecule has 2 aliphatic heterocycles. The van der Waals surface area contributed by atoms with Crippen molar-refractivity contribution in [2.45, 2.75) is 31.6 Å². The van der Waals surface area contributed by atoms with E-state index < -0.39 is 30.1 Å². The molecule has 2 aliphatic rings. The number of epoxide rings is 1. The first-order valence-electron chi connectivity index (χ1n) is 9.26. The summed E-state index contributed by atoms with van der Waals surface area (Å²) in [6.07, 6.45) is -1.62. The number of nitrogens with one attached hydrogen (secondary N) is 1. The molecular formula is C19H24N2O7. The van der Waals surface area contributed by atoms with E-state index in [4.69, 9.17) is 14.2 Å². The lowest BCUT2D eigenvalue weighted by atomic mass is 10.0. The molecule has 2 amide bonds. The Balaban J connectivity index is 1.67. The molecule has 2 N–H and O–H groups in total. The average Bonchev–Trinajstić information content (AvgIpc) is 3.50. The number of morpholine rings is 1. The number of hydrogen-bond acceptors (Lipinski definition) is 7. The zero-order valence-corrected chi connectivity index (χ0v) is 15.6. The fraction of sp³-hybridized carbons (Fsp3) is 0.526. The molecule has 0 unspecified atom stereocenters. The molecule has 2 heterocycles. The minimum Gasteiger partial charge on any atom is -0.508 e. The molecular weight excluding hydrogens is 368 g/mol. The molecule has 2 fully saturated rings. The molecule has 1 aromatic rings. The Morgan fingerprint density at radius 3 is 2.54 bits per heavy atom. The lowest BCUT2D eigenvalue weighted by Gasteiger charge is -2.30. The van der Waals surface area contributed by atoms with Gasteiger partial charge in [-0.15, -0.1) is 0 Å². The molecule has 2 saturated heterocycles. The first-order chi connectivity index (χ1) is 13.5. The zero-order chi connectivity index (χ0) is 20.1. The van der Waals surface area contributed by atoms with E-state index in [-0.39, 0.29) is 24.7 Å². The van der Waals surface area contributed by atoms with Crippen molar-refractivity contribution < 1.29 is 33.7 Å². The molecule has 28 heavy (non-hydrogen) atoms. The van der Waals surface area contributed by atoms with Gasteiger partial charge in [0.05, 0.1) is 19.8 Å². The number of rotatable bonds is 7. The molecule has 1 aromatic carbocycles. The number of phenolic OH excluding ortho intramolecular Hbond substituents is 1. The van der Waals surface area contributed by atoms with E-state index in [1.807, 2.05) is 0 Å². The van der Waals surface area contributed by atoms with Gasteiger partial charge in [-0.3, -0.25) is 9.59 Å². The van der Waals surface area contributed by atoms with Crippen LogP contribution < -0.4 is 5.32 Å². The van der Waals surface area contributed by atoms with E-state index >= 15 is 0 Å². The van der Waals surface area contributed by atoms with Crippen LogP contribution in [0.1, 0.15) is 12.5 Å². The monoisotopic (exact) mass is 392 g/mol. The van der Waals surface area contributed by atoms with Crippen molar-refractivity contribution in [3.8, 4) is 5.75 Å². The van der Waals surface area contributed by atoms with E-state index in [0.717, 1.165) is 5.56 Å². The van der Waals surface area contributed by atoms with Crippen LogP contribution in [0.2, 0.25) is 0 Å². The van der Waals surface area contributed by atoms with Crippen LogP contribution >= 0.6 is 0 Å². The Morgan fingerprint density at radius 2 is 1.89 bits per heavy atom. The first-order valence-corrected chi connectivity index (χ1v) is 9.26. The highest BCUT2D eigenvalue weighted by Crippen LogP contribution is 2.24. The van der Waals surface area contributed by atoms with Crippen molar-refractivity contribution in [1.82, 2.24) is 10.2 Å². The molecule has 0 spiro atoms. The highest BCUT2D eigenvalue weighted by atomic mass is 16.6. The van der Waals surface area contributed by atoms with Gasteiger partial charge in [0.1, 0.15) is 11.8 Å². The van der Waals surface area contributed by atoms with Crippen molar-refractivity contribution in [3.05, 3.63) is 29.8 Å². The predicted octanol–water partition coefficient (Wildman–Crippen LogP) is -0.391. The van der Waals surface area contributed by atoms with Gasteiger partial charge in [-0.05, 0) is 24.6 Å². The number of amides is 2. The van der Waals surface area contributed by atoms with Gasteiger partial charge in [-0.1, -0.05) is 12.1 Å². The number of ether oxygens (including phenoxy) is 3. The Bertz CT molecular complexity index is 715. The van der Waals surface area contributed by atoms with Crippen LogP contribution in [-0.4, -0.2) is 79.0 Å². The number of esters is 1. The Labute approximate surface area is 162 Å². The first kappa shape index (κ1) is 20.1. The predicted molar refractivity (Wildman–Crippen MR) is 96.4 cm³/mol. The van der Waals surface area contributed by atoms with Crippen molar-refractivity contribution in [1.29, 1.82) is 0 Å². The molecule has 9 nitrogen and oxygen atoms in total. The molecule has 0 radical (unpaired) electrons. The fourth-order valence-electron chi connectivity index (χ4n) is 3.04. The normalized spacial score (nSPS) is 22.2. The standard InChI is InChI=1S/C19H24N2O7/c1-2-27-19(25)16-15(28-16)17(23)20-14(11-12-3-5-13(22)6-4-12)18(24)21-7-9-26-10-8-21/h3-6,14-16,22H,2,7-11H2,1H3,(H,20,23)/t14-,15-,16-/m0/s1. The van der Waals surface area contributed by atoms with Crippen molar-refractivity contribution in [2.24, 2.45) is 0 Å². The zero-order valence-electron chi connectivity index (χ0n) is 15.6. The summed E-state index contributed by atoms with van der Waals surface area (Å²) in [6.45, 7) is 3.67. The number of aromatic hydroxyl groups is 1. The summed E-state index contributed by atoms with van der Waals surface area (Å²) in [5.74, 6) is -1.22. The van der Waals surface area contributed by atoms with Crippen LogP contribution in [0, 0.1) is 0 Å². The smallest absolute Gasteiger partial charge is 0.338 e. The van der Waals surface area contributed by atoms with Crippen LogP contribution in [0.4, 0.5) is 0 Å². The summed E-state index contributed by atoms with van der Waals surface area (Å²) in [7, 11) is 0. The minimum atomic E-state index is -0.946. The van der Waals surface area contributed by atoms with E-state index in [2.05, 4.69) is 5.32 Å². The van der Waals surface area contributed by atoms with Crippen molar-refractivity contribution in [3.63, 3.8) is 0 Å². The Morgan fingerprint density at radius 1 is 1.21 bits per heavy atom. The van der Waals surface area contributed by atoms with Gasteiger partial charge in [0.25, 0.3) is 5.91 Å². The third kappa shape index (κ3) is 4.99. The number of carbonyl (C=O) groups is 3. The summed E-state index contributed by atoms with van der Waals surface area (Å²) in [4.78, 5) is 38.7. The van der Waals surface area contributed by atoms with Crippen molar-refractivity contribution >= 4 is 17.8 Å². The number of benzene rings is 1. The lowest BCUT2D eigenvalue weighted by Crippen LogP contribution is -2.53. The maximum absolute atomic E-state index is 12.9. The van der Waals surface area contributed by atoms with Gasteiger partial charge in [0.2, 0.25) is 5.91 Å². The van der Waals surface area contributed by atoms with Gasteiger partial charge in [-0.25, -0.2) is 4.79 Å². The molecule has 0 aromatic heterocycles. The van der Waals surface area contributed by atoms with Gasteiger partial charge in [0.15, 0.2) is 12.2 Å². The van der Waals surface area contributed by atoms with E-state index in [1.165, 1.54) is 12.1 Å². The second-order valence-electron chi connectivity index (χ2n) is 6.60. The van der Waals surface area contributed by atoms with Gasteiger partial charge < -0.3 is 29.5 Å². The second-order valence-corrected chi connectivity index (χ2v) is 6.60. The average molecular weight is 392 g/mol. The summed E-state index contributed by atoms with van der Waals surface area (Å²) >= 11 is 0. The van der Waals surface area contributed by atoms with E-state index in [1.54, 1.807) is 24.0 Å². The summed E-state index contributed by atoms with van der Waals surface area (Å²) in [5, 5.41) is 12.1. The number of phenols is 1. The maximum Gasteiger partial charge on any atom is 0.338 e. The summed E-state index contributed by atoms with van der Waals surface area (Å²) in [6, 6.07) is 5.61. The van der Waals surface area contributed by atoms with Crippen LogP contribution in [0.5, 0.6) is 5.75 Å². The second kappa shape index (κ2) is 9.03. The number of carbonyl (C=O) groups excluding carboxylic acids is 3. The molecule has 0 bridgehead atoms. The van der Waals surface area contributed by atoms with Gasteiger partial charge >= 0.3 is 5.97 Å². The lowest BCUT2D eigenvalue weighted by molar-refractivity contribution is -0.144. The van der Waals surface area contributed by atoms with Gasteiger partial charge in [-0.2, -0.15) is 0 Å². The quantitative estimate of drug-likeness (QED) is 0.479. The third-order valence-electron chi connectivity index (χ3n) is 4.58. The SMILES string of the molecule is CCOC(=O)[C@H]1O[C@@H]1C(=O)N[C@@H](Cc1ccc(O)cc1)C(=O)N1CCOCC1. The van der Waals surface area contributed by atoms with E-state index in [0.29, 0.717) is 26.3 Å². The fourth-order valence-corrected chi connectivity index (χ4v) is 3.04. The van der Waals surface area contributed by atoms with Crippen LogP contribution in [0.3, 0.4) is 0 Å². The highest BCUT2D eigenvalue weighted by Gasteiger charge is 2.52. The van der Waals surface area contributed by atoms with Gasteiger partial charge in [0, 0.05) is 19.5 Å². The van der Waals surface area contributed by atoms with Crippen molar-refractivity contribution in [2.75, 3.05) is 32.9 Å². The Kier molecular flexibility index (Phi) is 6.48. The summed E-state index contributed by atoms with van der Waals surface area (Å²) < 4.78 is 15.2. The maximum atomic E-state index is 12.9. The van der Waals surface area contributed by atoms with Crippen LogP contribution in [0.25, 0.3) is 0 Å². The largest absolute Gasteiger partial charge is 0.508 e. The highest BCUT2D eigenvalue weighted by molar-refractivity contribution is 5.95. The molecule has 152 valence electrons.